The van der Waals surface area contributed by atoms with Crippen LogP contribution in [0.15, 0.2) is 18.2 Å². The predicted molar refractivity (Wildman–Crippen MR) is 76.5 cm³/mol. The Bertz CT molecular complexity index is 530. The maximum Gasteiger partial charge on any atom is 0.271 e. The van der Waals surface area contributed by atoms with Crippen LogP contribution < -0.4 is 10.6 Å². The van der Waals surface area contributed by atoms with Gasteiger partial charge in [0.25, 0.3) is 5.69 Å². The van der Waals surface area contributed by atoms with Crippen molar-refractivity contribution < 1.29 is 14.1 Å². The second kappa shape index (κ2) is 7.12. The summed E-state index contributed by atoms with van der Waals surface area (Å²) in [6, 6.07) is 3.09. The lowest BCUT2D eigenvalue weighted by atomic mass is 9.94. The van der Waals surface area contributed by atoms with Crippen molar-refractivity contribution >= 4 is 17.3 Å². The number of benzene rings is 1. The molecule has 1 aromatic rings. The van der Waals surface area contributed by atoms with Gasteiger partial charge in [-0.05, 0) is 44.3 Å². The van der Waals surface area contributed by atoms with Crippen molar-refractivity contribution in [3.05, 3.63) is 34.1 Å². The largest absolute Gasteiger partial charge is 0.323 e. The molecule has 1 aliphatic rings. The number of anilines is 1. The normalized spacial score (nSPS) is 18.2. The van der Waals surface area contributed by atoms with E-state index in [1.54, 1.807) is 0 Å². The minimum absolute atomic E-state index is 0.143. The molecule has 1 amide bonds. The highest BCUT2D eigenvalue weighted by atomic mass is 19.1. The Kier molecular flexibility index (Phi) is 5.21. The molecule has 2 N–H and O–H groups in total. The van der Waals surface area contributed by atoms with Gasteiger partial charge in [0.15, 0.2) is 0 Å². The molecule has 1 unspecified atom stereocenters. The van der Waals surface area contributed by atoms with Gasteiger partial charge in [0.2, 0.25) is 5.91 Å². The minimum atomic E-state index is -0.673. The monoisotopic (exact) mass is 295 g/mol. The van der Waals surface area contributed by atoms with Crippen molar-refractivity contribution in [1.29, 1.82) is 0 Å². The Morgan fingerprint density at radius 2 is 2.33 bits per heavy atom. The molecule has 2 rings (SSSR count). The standard InChI is InChI=1S/C14H18FN3O3/c15-12-5-4-11(18(20)21)8-13(12)17-14(19)6-3-10-2-1-7-16-9-10/h4-5,8,10,16H,1-3,6-7,9H2,(H,17,19). The van der Waals surface area contributed by atoms with Gasteiger partial charge >= 0.3 is 0 Å². The third kappa shape index (κ3) is 4.49. The topological polar surface area (TPSA) is 84.3 Å². The fourth-order valence-electron chi connectivity index (χ4n) is 2.44. The summed E-state index contributed by atoms with van der Waals surface area (Å²) < 4.78 is 13.5. The molecule has 1 saturated heterocycles. The number of carbonyl (C=O) groups excluding carboxylic acids is 1. The molecular formula is C14H18FN3O3. The van der Waals surface area contributed by atoms with Crippen LogP contribution in [-0.4, -0.2) is 23.9 Å². The average molecular weight is 295 g/mol. The number of nitrogens with one attached hydrogen (secondary N) is 2. The van der Waals surface area contributed by atoms with E-state index in [9.17, 15) is 19.3 Å². The van der Waals surface area contributed by atoms with Gasteiger partial charge in [-0.25, -0.2) is 4.39 Å². The number of nitrogens with zero attached hydrogens (tertiary/aromatic N) is 1. The molecule has 0 saturated carbocycles. The summed E-state index contributed by atoms with van der Waals surface area (Å²) in [6.07, 6.45) is 3.21. The fraction of sp³-hybridized carbons (Fsp3) is 0.500. The Labute approximate surface area is 121 Å². The summed E-state index contributed by atoms with van der Waals surface area (Å²) in [6.45, 7) is 1.92. The summed E-state index contributed by atoms with van der Waals surface area (Å²) in [5, 5.41) is 16.3. The number of rotatable bonds is 5. The molecule has 0 aliphatic carbocycles. The predicted octanol–water partition coefficient (Wildman–Crippen LogP) is 2.45. The van der Waals surface area contributed by atoms with Gasteiger partial charge in [0.05, 0.1) is 10.6 Å². The number of halogens is 1. The number of hydrogen-bond donors (Lipinski definition) is 2. The van der Waals surface area contributed by atoms with Crippen LogP contribution in [0.4, 0.5) is 15.8 Å². The van der Waals surface area contributed by atoms with E-state index in [0.717, 1.165) is 50.6 Å². The quantitative estimate of drug-likeness (QED) is 0.645. The summed E-state index contributed by atoms with van der Waals surface area (Å²) >= 11 is 0. The molecule has 21 heavy (non-hydrogen) atoms. The fourth-order valence-corrected chi connectivity index (χ4v) is 2.44. The molecule has 1 aliphatic heterocycles. The smallest absolute Gasteiger partial charge is 0.271 e. The average Bonchev–Trinajstić information content (AvgIpc) is 2.48. The summed E-state index contributed by atoms with van der Waals surface area (Å²) in [5.74, 6) is -0.535. The number of nitro groups is 1. The summed E-state index contributed by atoms with van der Waals surface area (Å²) in [7, 11) is 0. The molecular weight excluding hydrogens is 277 g/mol. The summed E-state index contributed by atoms with van der Waals surface area (Å²) in [5.41, 5.74) is -0.390. The zero-order valence-electron chi connectivity index (χ0n) is 11.6. The van der Waals surface area contributed by atoms with Gasteiger partial charge in [0.1, 0.15) is 5.82 Å². The number of nitro benzene ring substituents is 1. The number of non-ortho nitro benzene ring substituents is 1. The van der Waals surface area contributed by atoms with Crippen LogP contribution in [0.1, 0.15) is 25.7 Å². The zero-order chi connectivity index (χ0) is 15.2. The molecule has 7 heteroatoms. The van der Waals surface area contributed by atoms with E-state index < -0.39 is 10.7 Å². The molecule has 0 radical (unpaired) electrons. The molecule has 1 fully saturated rings. The SMILES string of the molecule is O=C(CCC1CCCNC1)Nc1cc([N+](=O)[O-])ccc1F. The van der Waals surface area contributed by atoms with E-state index >= 15 is 0 Å². The van der Waals surface area contributed by atoms with Crippen LogP contribution in [0.5, 0.6) is 0 Å². The van der Waals surface area contributed by atoms with E-state index in [2.05, 4.69) is 10.6 Å². The van der Waals surface area contributed by atoms with E-state index in [0.29, 0.717) is 5.92 Å². The third-order valence-corrected chi connectivity index (χ3v) is 3.61. The highest BCUT2D eigenvalue weighted by molar-refractivity contribution is 5.91. The van der Waals surface area contributed by atoms with Crippen molar-refractivity contribution in [2.45, 2.75) is 25.7 Å². The molecule has 1 heterocycles. The first-order valence-corrected chi connectivity index (χ1v) is 7.01. The first-order valence-electron chi connectivity index (χ1n) is 7.01. The summed E-state index contributed by atoms with van der Waals surface area (Å²) in [4.78, 5) is 21.8. The minimum Gasteiger partial charge on any atom is -0.323 e. The number of amides is 1. The zero-order valence-corrected chi connectivity index (χ0v) is 11.6. The van der Waals surface area contributed by atoms with Crippen LogP contribution >= 0.6 is 0 Å². The van der Waals surface area contributed by atoms with Crippen LogP contribution in [0.2, 0.25) is 0 Å². The van der Waals surface area contributed by atoms with Gasteiger partial charge in [0, 0.05) is 18.6 Å². The van der Waals surface area contributed by atoms with Crippen LogP contribution in [-0.2, 0) is 4.79 Å². The van der Waals surface area contributed by atoms with E-state index in [-0.39, 0.29) is 23.7 Å². The van der Waals surface area contributed by atoms with Crippen molar-refractivity contribution in [2.24, 2.45) is 5.92 Å². The molecule has 0 aromatic heterocycles. The van der Waals surface area contributed by atoms with E-state index in [1.807, 2.05) is 0 Å². The van der Waals surface area contributed by atoms with Crippen molar-refractivity contribution in [2.75, 3.05) is 18.4 Å². The molecule has 1 aromatic carbocycles. The second-order valence-electron chi connectivity index (χ2n) is 5.22. The Hall–Kier alpha value is -2.02. The number of piperidine rings is 1. The molecule has 1 atom stereocenters. The van der Waals surface area contributed by atoms with Gasteiger partial charge in [-0.15, -0.1) is 0 Å². The lowest BCUT2D eigenvalue weighted by molar-refractivity contribution is -0.384. The maximum absolute atomic E-state index is 13.5. The van der Waals surface area contributed by atoms with Crippen LogP contribution in [0, 0.1) is 21.8 Å². The molecule has 6 nitrogen and oxygen atoms in total. The van der Waals surface area contributed by atoms with E-state index in [4.69, 9.17) is 0 Å². The Morgan fingerprint density at radius 3 is 3.00 bits per heavy atom. The Balaban J connectivity index is 1.89. The molecule has 0 bridgehead atoms. The van der Waals surface area contributed by atoms with Gasteiger partial charge in [-0.3, -0.25) is 14.9 Å². The lowest BCUT2D eigenvalue weighted by Crippen LogP contribution is -2.30. The third-order valence-electron chi connectivity index (χ3n) is 3.61. The first kappa shape index (κ1) is 15.4. The van der Waals surface area contributed by atoms with Crippen molar-refractivity contribution in [3.63, 3.8) is 0 Å². The van der Waals surface area contributed by atoms with Crippen LogP contribution in [0.3, 0.4) is 0 Å². The highest BCUT2D eigenvalue weighted by Crippen LogP contribution is 2.22. The second-order valence-corrected chi connectivity index (χ2v) is 5.22. The number of carbonyl (C=O) groups is 1. The van der Waals surface area contributed by atoms with Gasteiger partial charge in [-0.1, -0.05) is 0 Å². The number of hydrogen-bond acceptors (Lipinski definition) is 4. The first-order chi connectivity index (χ1) is 10.1. The highest BCUT2D eigenvalue weighted by Gasteiger charge is 2.16. The molecule has 114 valence electrons. The maximum atomic E-state index is 13.5. The van der Waals surface area contributed by atoms with Crippen molar-refractivity contribution in [3.8, 4) is 0 Å². The Morgan fingerprint density at radius 1 is 1.52 bits per heavy atom. The lowest BCUT2D eigenvalue weighted by Gasteiger charge is -2.22. The van der Waals surface area contributed by atoms with Crippen molar-refractivity contribution in [1.82, 2.24) is 5.32 Å². The molecule has 0 spiro atoms. The van der Waals surface area contributed by atoms with Gasteiger partial charge < -0.3 is 10.6 Å². The van der Waals surface area contributed by atoms with Crippen LogP contribution in [0.25, 0.3) is 0 Å². The van der Waals surface area contributed by atoms with Gasteiger partial charge in [-0.2, -0.15) is 0 Å². The van der Waals surface area contributed by atoms with E-state index in [1.165, 1.54) is 0 Å².